The minimum atomic E-state index is -0.545. The molecule has 1 atom stereocenters. The predicted octanol–water partition coefficient (Wildman–Crippen LogP) is 1.03. The van der Waals surface area contributed by atoms with Crippen molar-refractivity contribution in [2.45, 2.75) is 71.0 Å². The Hall–Kier alpha value is -4.17. The van der Waals surface area contributed by atoms with Crippen LogP contribution in [0.25, 0.3) is 11.2 Å². The van der Waals surface area contributed by atoms with Gasteiger partial charge in [-0.15, -0.1) is 0 Å². The number of aromatic nitrogens is 4. The molecular weight excluding hydrogens is 562 g/mol. The van der Waals surface area contributed by atoms with Crippen molar-refractivity contribution in [2.75, 3.05) is 38.5 Å². The second-order valence-electron chi connectivity index (χ2n) is 11.5. The van der Waals surface area contributed by atoms with Crippen molar-refractivity contribution in [3.8, 4) is 6.01 Å². The van der Waals surface area contributed by atoms with Crippen molar-refractivity contribution in [1.82, 2.24) is 29.7 Å². The lowest BCUT2D eigenvalue weighted by atomic mass is 9.93. The summed E-state index contributed by atoms with van der Waals surface area (Å²) < 4.78 is 7.20. The minimum Gasteiger partial charge on any atom is -0.463 e. The van der Waals surface area contributed by atoms with E-state index in [1.165, 1.54) is 5.56 Å². The molecule has 3 heterocycles. The number of nitrogen functional groups attached to an aromatic ring is 1. The number of rotatable bonds is 16. The van der Waals surface area contributed by atoms with Crippen molar-refractivity contribution in [3.63, 3.8) is 0 Å². The summed E-state index contributed by atoms with van der Waals surface area (Å²) in [6.07, 6.45) is 6.22. The lowest BCUT2D eigenvalue weighted by molar-refractivity contribution is -0.122. The molecule has 1 fully saturated rings. The molecule has 10 N–H and O–H groups in total. The van der Waals surface area contributed by atoms with Gasteiger partial charge < -0.3 is 38.0 Å². The van der Waals surface area contributed by atoms with E-state index < -0.39 is 6.04 Å². The van der Waals surface area contributed by atoms with Gasteiger partial charge in [-0.3, -0.25) is 19.3 Å². The molecule has 0 unspecified atom stereocenters. The number of anilines is 1. The summed E-state index contributed by atoms with van der Waals surface area (Å²) >= 11 is 0. The normalized spacial score (nSPS) is 14.9. The number of benzene rings is 1. The number of amides is 1. The van der Waals surface area contributed by atoms with Gasteiger partial charge in [-0.2, -0.15) is 9.97 Å². The third-order valence-corrected chi connectivity index (χ3v) is 7.99. The number of ether oxygens (including phenoxy) is 1. The number of guanidine groups is 1. The van der Waals surface area contributed by atoms with Crippen LogP contribution in [0.5, 0.6) is 6.01 Å². The highest BCUT2D eigenvalue weighted by Crippen LogP contribution is 2.22. The number of carbonyl (C=O) groups excluding carboxylic acids is 1. The molecule has 0 spiro atoms. The summed E-state index contributed by atoms with van der Waals surface area (Å²) in [5.41, 5.74) is 25.4. The van der Waals surface area contributed by atoms with Crippen LogP contribution >= 0.6 is 0 Å². The zero-order chi connectivity index (χ0) is 31.5. The van der Waals surface area contributed by atoms with Crippen LogP contribution < -0.4 is 38.7 Å². The fourth-order valence-corrected chi connectivity index (χ4v) is 5.35. The first-order valence-corrected chi connectivity index (χ1v) is 15.5. The number of imidazole rings is 1. The predicted molar refractivity (Wildman–Crippen MR) is 172 cm³/mol. The number of unbranched alkanes of at least 4 members (excludes halogenated alkanes) is 1. The maximum atomic E-state index is 12.7. The second-order valence-corrected chi connectivity index (χ2v) is 11.5. The van der Waals surface area contributed by atoms with E-state index in [4.69, 9.17) is 27.7 Å². The van der Waals surface area contributed by atoms with Gasteiger partial charge in [-0.25, -0.2) is 4.79 Å². The van der Waals surface area contributed by atoms with E-state index in [-0.39, 0.29) is 29.4 Å². The first-order valence-electron chi connectivity index (χ1n) is 15.5. The van der Waals surface area contributed by atoms with E-state index in [0.717, 1.165) is 57.3 Å². The number of nitrogens with zero attached hydrogens (tertiary/aromatic N) is 5. The average molecular weight is 610 g/mol. The zero-order valence-electron chi connectivity index (χ0n) is 25.6. The number of hydrogen-bond acceptors (Lipinski definition) is 9. The number of hydrogen-bond donors (Lipinski definition) is 6. The molecule has 1 aliphatic heterocycles. The van der Waals surface area contributed by atoms with Crippen molar-refractivity contribution >= 4 is 28.8 Å². The number of nitrogens with two attached hydrogens (primary N) is 4. The molecular formula is C30H47N11O3. The molecule has 0 radical (unpaired) electrons. The third-order valence-electron chi connectivity index (χ3n) is 7.99. The standard InChI is InChI=1S/C30H47N11O3/c1-2-3-17-44-29-38-25(32)24-26(39-29)41(30(43)37-24)19-22-8-6-21(7-9-22)18-40-15-11-20(12-16-40)10-14-35-27(42)23(31)5-4-13-36-28(33)34/h6-9,20,23H,2-5,10-19,31H2,1H3,(H,35,42)(H,37,43)(H2,32,38,39)(H4,33,34,36)/t23-/m1/s1. The van der Waals surface area contributed by atoms with Gasteiger partial charge in [0.05, 0.1) is 19.2 Å². The number of aromatic amines is 1. The SMILES string of the molecule is CCCCOc1nc(N)c2[nH]c(=O)n(Cc3ccc(CN4CCC(CCNC(=O)[C@H](N)CCCN=C(N)N)CC4)cc3)c2n1. The number of aliphatic imine (C=N–C) groups is 1. The van der Waals surface area contributed by atoms with Crippen LogP contribution in [0.4, 0.5) is 5.82 Å². The number of nitrogens with one attached hydrogen (secondary N) is 2. The quantitative estimate of drug-likeness (QED) is 0.0769. The van der Waals surface area contributed by atoms with Crippen LogP contribution in [0.3, 0.4) is 0 Å². The van der Waals surface area contributed by atoms with Crippen LogP contribution in [0, 0.1) is 5.92 Å². The molecule has 240 valence electrons. The first kappa shape index (κ1) is 32.7. The summed E-state index contributed by atoms with van der Waals surface area (Å²) in [7, 11) is 0. The Morgan fingerprint density at radius 2 is 1.84 bits per heavy atom. The molecule has 1 amide bonds. The molecule has 1 aromatic carbocycles. The Morgan fingerprint density at radius 1 is 1.14 bits per heavy atom. The zero-order valence-corrected chi connectivity index (χ0v) is 25.6. The molecule has 0 saturated carbocycles. The van der Waals surface area contributed by atoms with Gasteiger partial charge in [0.15, 0.2) is 17.4 Å². The van der Waals surface area contributed by atoms with E-state index in [9.17, 15) is 9.59 Å². The molecule has 2 aromatic heterocycles. The average Bonchev–Trinajstić information content (AvgIpc) is 3.32. The smallest absolute Gasteiger partial charge is 0.328 e. The van der Waals surface area contributed by atoms with Crippen LogP contribution in [-0.4, -0.2) is 75.1 Å². The molecule has 14 nitrogen and oxygen atoms in total. The Kier molecular flexibility index (Phi) is 11.9. The highest BCUT2D eigenvalue weighted by atomic mass is 16.5. The lowest BCUT2D eigenvalue weighted by Gasteiger charge is -2.32. The summed E-state index contributed by atoms with van der Waals surface area (Å²) in [6.45, 7) is 6.93. The molecule has 0 bridgehead atoms. The van der Waals surface area contributed by atoms with E-state index in [2.05, 4.69) is 49.2 Å². The summed E-state index contributed by atoms with van der Waals surface area (Å²) in [4.78, 5) is 42.8. The summed E-state index contributed by atoms with van der Waals surface area (Å²) in [6, 6.07) is 7.95. The topological polar surface area (TPSA) is 222 Å². The molecule has 3 aromatic rings. The van der Waals surface area contributed by atoms with E-state index in [1.54, 1.807) is 4.57 Å². The van der Waals surface area contributed by atoms with Gasteiger partial charge in [0.25, 0.3) is 0 Å². The van der Waals surface area contributed by atoms with Crippen molar-refractivity contribution < 1.29 is 9.53 Å². The van der Waals surface area contributed by atoms with Gasteiger partial charge >= 0.3 is 11.7 Å². The Labute approximate surface area is 257 Å². The summed E-state index contributed by atoms with van der Waals surface area (Å²) in [5.74, 6) is 0.701. The number of likely N-dealkylation sites (tertiary alicyclic amines) is 1. The van der Waals surface area contributed by atoms with Gasteiger partial charge in [-0.1, -0.05) is 37.6 Å². The lowest BCUT2D eigenvalue weighted by Crippen LogP contribution is -2.42. The van der Waals surface area contributed by atoms with Crippen LogP contribution in [-0.2, 0) is 17.9 Å². The highest BCUT2D eigenvalue weighted by Gasteiger charge is 2.20. The van der Waals surface area contributed by atoms with Gasteiger partial charge in [0.1, 0.15) is 5.52 Å². The molecule has 0 aliphatic carbocycles. The maximum absolute atomic E-state index is 12.7. The minimum absolute atomic E-state index is 0.0500. The Bertz CT molecular complexity index is 1440. The Balaban J connectivity index is 1.21. The van der Waals surface area contributed by atoms with Crippen molar-refractivity contribution in [2.24, 2.45) is 28.1 Å². The van der Waals surface area contributed by atoms with Gasteiger partial charge in [0, 0.05) is 19.6 Å². The van der Waals surface area contributed by atoms with E-state index in [1.807, 2.05) is 12.1 Å². The van der Waals surface area contributed by atoms with Gasteiger partial charge in [-0.05, 0) is 68.7 Å². The fourth-order valence-electron chi connectivity index (χ4n) is 5.35. The number of fused-ring (bicyclic) bond motifs is 1. The maximum Gasteiger partial charge on any atom is 0.328 e. The van der Waals surface area contributed by atoms with Crippen molar-refractivity contribution in [1.29, 1.82) is 0 Å². The van der Waals surface area contributed by atoms with E-state index in [0.29, 0.717) is 56.2 Å². The number of carbonyl (C=O) groups is 1. The molecule has 4 rings (SSSR count). The number of H-pyrrole nitrogens is 1. The van der Waals surface area contributed by atoms with E-state index >= 15 is 0 Å². The molecule has 1 saturated heterocycles. The number of piperidine rings is 1. The molecule has 1 aliphatic rings. The first-order chi connectivity index (χ1) is 21.2. The molecule has 44 heavy (non-hydrogen) atoms. The Morgan fingerprint density at radius 3 is 2.52 bits per heavy atom. The monoisotopic (exact) mass is 609 g/mol. The van der Waals surface area contributed by atoms with Crippen LogP contribution in [0.15, 0.2) is 34.1 Å². The summed E-state index contributed by atoms with van der Waals surface area (Å²) in [5, 5.41) is 2.97. The largest absolute Gasteiger partial charge is 0.463 e. The fraction of sp³-hybridized carbons (Fsp3) is 0.567. The van der Waals surface area contributed by atoms with Gasteiger partial charge in [0.2, 0.25) is 5.91 Å². The second kappa shape index (κ2) is 16.1. The van der Waals surface area contributed by atoms with Crippen molar-refractivity contribution in [3.05, 3.63) is 45.9 Å². The third kappa shape index (κ3) is 9.41. The highest BCUT2D eigenvalue weighted by molar-refractivity contribution is 5.82. The van der Waals surface area contributed by atoms with Crippen LogP contribution in [0.1, 0.15) is 63.0 Å². The van der Waals surface area contributed by atoms with Crippen LogP contribution in [0.2, 0.25) is 0 Å². The molecule has 14 heteroatoms.